The maximum Gasteiger partial charge on any atom is 0.226 e. The van der Waals surface area contributed by atoms with E-state index in [-0.39, 0.29) is 0 Å². The minimum Gasteiger partial charge on any atom is -0.339 e. The van der Waals surface area contributed by atoms with Crippen molar-refractivity contribution in [3.05, 3.63) is 18.3 Å². The molecule has 2 rings (SSSR count). The van der Waals surface area contributed by atoms with Gasteiger partial charge in [-0.25, -0.2) is 0 Å². The molecule has 2 aromatic rings. The number of unbranched alkanes of at least 4 members (excludes halogenated alkanes) is 3. The molecule has 0 atom stereocenters. The van der Waals surface area contributed by atoms with E-state index in [1.165, 1.54) is 6.42 Å². The van der Waals surface area contributed by atoms with Crippen LogP contribution >= 0.6 is 0 Å². The molecule has 0 unspecified atom stereocenters. The van der Waals surface area contributed by atoms with Gasteiger partial charge < -0.3 is 10.3 Å². The first-order chi connectivity index (χ1) is 8.79. The van der Waals surface area contributed by atoms with Gasteiger partial charge in [0.2, 0.25) is 11.7 Å². The predicted octanol–water partition coefficient (Wildman–Crippen LogP) is 1.53. The van der Waals surface area contributed by atoms with Crippen molar-refractivity contribution in [1.29, 1.82) is 0 Å². The summed E-state index contributed by atoms with van der Waals surface area (Å²) in [5.41, 5.74) is 6.33. The molecule has 2 heterocycles. The molecular weight excluding hydrogens is 230 g/mol. The molecule has 0 aliphatic heterocycles. The molecule has 98 valence electrons. The molecule has 0 spiro atoms. The molecule has 0 saturated heterocycles. The first-order valence-corrected chi connectivity index (χ1v) is 6.31. The monoisotopic (exact) mass is 249 g/mol. The van der Waals surface area contributed by atoms with Crippen LogP contribution in [0.5, 0.6) is 0 Å². The van der Waals surface area contributed by atoms with Crippen LogP contribution in [0.1, 0.15) is 31.6 Å². The summed E-state index contributed by atoms with van der Waals surface area (Å²) in [7, 11) is 1.86. The fourth-order valence-electron chi connectivity index (χ4n) is 1.78. The lowest BCUT2D eigenvalue weighted by Crippen LogP contribution is -1.97. The normalized spacial score (nSPS) is 11.0. The summed E-state index contributed by atoms with van der Waals surface area (Å²) in [6, 6.07) is 0. The minimum atomic E-state index is 0.611. The third-order valence-corrected chi connectivity index (χ3v) is 2.78. The molecular formula is C12H19N5O. The maximum atomic E-state index is 5.44. The average molecular weight is 249 g/mol. The van der Waals surface area contributed by atoms with E-state index in [1.807, 2.05) is 13.2 Å². The summed E-state index contributed by atoms with van der Waals surface area (Å²) in [6.45, 7) is 0.770. The molecule has 2 N–H and O–H groups in total. The number of rotatable bonds is 7. The van der Waals surface area contributed by atoms with Gasteiger partial charge in [-0.1, -0.05) is 18.0 Å². The zero-order chi connectivity index (χ0) is 12.8. The average Bonchev–Trinajstić information content (AvgIpc) is 2.97. The number of nitrogens with two attached hydrogens (primary N) is 1. The highest BCUT2D eigenvalue weighted by Crippen LogP contribution is 2.15. The molecule has 0 fully saturated rings. The Balaban J connectivity index is 1.83. The molecule has 6 heteroatoms. The van der Waals surface area contributed by atoms with Gasteiger partial charge in [-0.05, 0) is 19.4 Å². The van der Waals surface area contributed by atoms with Crippen LogP contribution in [0.2, 0.25) is 0 Å². The van der Waals surface area contributed by atoms with Gasteiger partial charge in [0.15, 0.2) is 0 Å². The highest BCUT2D eigenvalue weighted by atomic mass is 16.5. The summed E-state index contributed by atoms with van der Waals surface area (Å²) in [4.78, 5) is 4.36. The Kier molecular flexibility index (Phi) is 4.46. The van der Waals surface area contributed by atoms with E-state index in [0.717, 1.165) is 37.8 Å². The van der Waals surface area contributed by atoms with Crippen LogP contribution < -0.4 is 5.73 Å². The Bertz CT molecular complexity index is 476. The summed E-state index contributed by atoms with van der Waals surface area (Å²) in [5, 5.41) is 8.04. The van der Waals surface area contributed by atoms with Crippen molar-refractivity contribution in [3.63, 3.8) is 0 Å². The standard InChI is InChI=1S/C12H19N5O/c1-17-9-10(8-14-17)12-15-11(18-16-12)6-4-2-3-5-7-13/h8-9H,2-7,13H2,1H3. The highest BCUT2D eigenvalue weighted by Gasteiger charge is 2.09. The van der Waals surface area contributed by atoms with Crippen molar-refractivity contribution in [2.45, 2.75) is 32.1 Å². The second-order valence-electron chi connectivity index (χ2n) is 4.37. The van der Waals surface area contributed by atoms with Crippen LogP contribution in [0, 0.1) is 0 Å². The Morgan fingerprint density at radius 3 is 2.83 bits per heavy atom. The maximum absolute atomic E-state index is 5.44. The van der Waals surface area contributed by atoms with Crippen LogP contribution in [-0.2, 0) is 13.5 Å². The fourth-order valence-corrected chi connectivity index (χ4v) is 1.78. The largest absolute Gasteiger partial charge is 0.339 e. The van der Waals surface area contributed by atoms with E-state index in [9.17, 15) is 0 Å². The third-order valence-electron chi connectivity index (χ3n) is 2.78. The Morgan fingerprint density at radius 1 is 1.28 bits per heavy atom. The topological polar surface area (TPSA) is 82.8 Å². The van der Waals surface area contributed by atoms with E-state index in [4.69, 9.17) is 10.3 Å². The highest BCUT2D eigenvalue weighted by molar-refractivity contribution is 5.50. The van der Waals surface area contributed by atoms with E-state index in [1.54, 1.807) is 10.9 Å². The number of aryl methyl sites for hydroxylation is 2. The quantitative estimate of drug-likeness (QED) is 0.752. The molecule has 0 aliphatic rings. The Morgan fingerprint density at radius 2 is 2.11 bits per heavy atom. The van der Waals surface area contributed by atoms with E-state index >= 15 is 0 Å². The molecule has 0 amide bonds. The van der Waals surface area contributed by atoms with E-state index in [2.05, 4.69) is 15.2 Å². The summed E-state index contributed by atoms with van der Waals surface area (Å²) >= 11 is 0. The SMILES string of the molecule is Cn1cc(-c2noc(CCCCCCN)n2)cn1. The van der Waals surface area contributed by atoms with Crippen LogP contribution in [0.25, 0.3) is 11.4 Å². The van der Waals surface area contributed by atoms with Crippen molar-refractivity contribution in [2.24, 2.45) is 12.8 Å². The zero-order valence-electron chi connectivity index (χ0n) is 10.7. The number of hydrogen-bond acceptors (Lipinski definition) is 5. The molecule has 0 aromatic carbocycles. The smallest absolute Gasteiger partial charge is 0.226 e. The van der Waals surface area contributed by atoms with Crippen molar-refractivity contribution < 1.29 is 4.52 Å². The van der Waals surface area contributed by atoms with Crippen molar-refractivity contribution in [2.75, 3.05) is 6.54 Å². The van der Waals surface area contributed by atoms with Gasteiger partial charge in [0.25, 0.3) is 0 Å². The van der Waals surface area contributed by atoms with Gasteiger partial charge >= 0.3 is 0 Å². The summed E-state index contributed by atoms with van der Waals surface area (Å²) in [6.07, 6.45) is 8.91. The van der Waals surface area contributed by atoms with Gasteiger partial charge in [-0.3, -0.25) is 4.68 Å². The molecule has 0 radical (unpaired) electrons. The zero-order valence-corrected chi connectivity index (χ0v) is 10.7. The lowest BCUT2D eigenvalue weighted by atomic mass is 10.1. The molecule has 0 saturated carbocycles. The second kappa shape index (κ2) is 6.30. The Labute approximate surface area is 106 Å². The van der Waals surface area contributed by atoms with Gasteiger partial charge in [0.1, 0.15) is 0 Å². The number of nitrogens with zero attached hydrogens (tertiary/aromatic N) is 4. The predicted molar refractivity (Wildman–Crippen MR) is 67.7 cm³/mol. The lowest BCUT2D eigenvalue weighted by Gasteiger charge is -1.95. The first kappa shape index (κ1) is 12.8. The second-order valence-corrected chi connectivity index (χ2v) is 4.37. The molecule has 0 aliphatic carbocycles. The van der Waals surface area contributed by atoms with Crippen LogP contribution in [0.15, 0.2) is 16.9 Å². The number of aromatic nitrogens is 4. The van der Waals surface area contributed by atoms with Crippen LogP contribution in [0.3, 0.4) is 0 Å². The van der Waals surface area contributed by atoms with Crippen LogP contribution in [0.4, 0.5) is 0 Å². The summed E-state index contributed by atoms with van der Waals surface area (Å²) in [5.74, 6) is 1.31. The Hall–Kier alpha value is -1.69. The summed E-state index contributed by atoms with van der Waals surface area (Å²) < 4.78 is 6.93. The molecule has 18 heavy (non-hydrogen) atoms. The van der Waals surface area contributed by atoms with Gasteiger partial charge in [0, 0.05) is 19.7 Å². The van der Waals surface area contributed by atoms with E-state index in [0.29, 0.717) is 11.7 Å². The van der Waals surface area contributed by atoms with Gasteiger partial charge in [-0.15, -0.1) is 0 Å². The van der Waals surface area contributed by atoms with E-state index < -0.39 is 0 Å². The van der Waals surface area contributed by atoms with Crippen LogP contribution in [-0.4, -0.2) is 26.5 Å². The van der Waals surface area contributed by atoms with Crippen molar-refractivity contribution >= 4 is 0 Å². The minimum absolute atomic E-state index is 0.611. The molecule has 6 nitrogen and oxygen atoms in total. The van der Waals surface area contributed by atoms with Gasteiger partial charge in [-0.2, -0.15) is 10.1 Å². The first-order valence-electron chi connectivity index (χ1n) is 6.31. The third kappa shape index (κ3) is 3.40. The molecule has 2 aromatic heterocycles. The van der Waals surface area contributed by atoms with Crippen molar-refractivity contribution in [1.82, 2.24) is 19.9 Å². The number of hydrogen-bond donors (Lipinski definition) is 1. The van der Waals surface area contributed by atoms with Crippen molar-refractivity contribution in [3.8, 4) is 11.4 Å². The lowest BCUT2D eigenvalue weighted by molar-refractivity contribution is 0.374. The van der Waals surface area contributed by atoms with Gasteiger partial charge in [0.05, 0.1) is 11.8 Å². The fraction of sp³-hybridized carbons (Fsp3) is 0.583. The molecule has 0 bridgehead atoms.